The van der Waals surface area contributed by atoms with E-state index in [4.69, 9.17) is 10.5 Å². The van der Waals surface area contributed by atoms with Crippen molar-refractivity contribution in [3.8, 4) is 5.75 Å². The van der Waals surface area contributed by atoms with Crippen LogP contribution in [0, 0.1) is 5.41 Å². The molecule has 0 unspecified atom stereocenters. The van der Waals surface area contributed by atoms with Gasteiger partial charge in [0.05, 0.1) is 7.11 Å². The summed E-state index contributed by atoms with van der Waals surface area (Å²) in [6.45, 7) is 4.39. The summed E-state index contributed by atoms with van der Waals surface area (Å²) in [6.07, 6.45) is 3.15. The maximum atomic E-state index is 6.03. The van der Waals surface area contributed by atoms with E-state index < -0.39 is 0 Å². The number of hydrogen-bond donors (Lipinski definition) is 1. The summed E-state index contributed by atoms with van der Waals surface area (Å²) < 4.78 is 5.22. The Hall–Kier alpha value is -1.44. The number of hydrogen-bond acceptors (Lipinski definition) is 2. The van der Waals surface area contributed by atoms with Crippen LogP contribution in [0.5, 0.6) is 5.75 Å². The summed E-state index contributed by atoms with van der Waals surface area (Å²) in [5.41, 5.74) is 9.48. The van der Waals surface area contributed by atoms with Gasteiger partial charge in [0.25, 0.3) is 0 Å². The average Bonchev–Trinajstić information content (AvgIpc) is 2.14. The topological polar surface area (TPSA) is 35.2 Å². The number of nitrogens with two attached hydrogens (primary N) is 1. The molecule has 15 heavy (non-hydrogen) atoms. The van der Waals surface area contributed by atoms with E-state index in [1.165, 1.54) is 5.56 Å². The van der Waals surface area contributed by atoms with Gasteiger partial charge in [-0.25, -0.2) is 0 Å². The van der Waals surface area contributed by atoms with E-state index in [2.05, 4.69) is 26.0 Å². The first-order valence-corrected chi connectivity index (χ1v) is 5.17. The second-order valence-corrected chi connectivity index (χ2v) is 4.79. The smallest absolute Gasteiger partial charge is 0.119 e. The Morgan fingerprint density at radius 3 is 2.73 bits per heavy atom. The van der Waals surface area contributed by atoms with E-state index in [9.17, 15) is 0 Å². The Bertz CT molecular complexity index is 419. The maximum Gasteiger partial charge on any atom is 0.119 e. The second-order valence-electron chi connectivity index (χ2n) is 4.79. The second kappa shape index (κ2) is 3.30. The number of fused-ring (bicyclic) bond motifs is 1. The summed E-state index contributed by atoms with van der Waals surface area (Å²) in [4.78, 5) is 0. The van der Waals surface area contributed by atoms with Crippen molar-refractivity contribution in [3.63, 3.8) is 0 Å². The Morgan fingerprint density at radius 1 is 1.33 bits per heavy atom. The fraction of sp³-hybridized carbons (Fsp3) is 0.385. The lowest BCUT2D eigenvalue weighted by molar-refractivity contribution is 0.412. The van der Waals surface area contributed by atoms with E-state index in [1.54, 1.807) is 7.11 Å². The number of allylic oxidation sites excluding steroid dienone is 1. The average molecular weight is 203 g/mol. The third-order valence-corrected chi connectivity index (χ3v) is 2.82. The number of benzene rings is 1. The monoisotopic (exact) mass is 203 g/mol. The molecule has 0 heterocycles. The van der Waals surface area contributed by atoms with Crippen molar-refractivity contribution in [2.24, 2.45) is 11.1 Å². The zero-order chi connectivity index (χ0) is 11.1. The highest BCUT2D eigenvalue weighted by Crippen LogP contribution is 2.35. The molecule has 1 aromatic rings. The molecule has 2 heteroatoms. The molecule has 0 saturated heterocycles. The molecule has 0 amide bonds. The molecule has 0 spiro atoms. The van der Waals surface area contributed by atoms with Crippen LogP contribution in [-0.2, 0) is 6.42 Å². The lowest BCUT2D eigenvalue weighted by Crippen LogP contribution is -2.20. The standard InChI is InChI=1S/C13H17NO/c1-13(2)7-9-6-10(15-3)4-5-11(9)12(14)8-13/h4-6,8H,7,14H2,1-3H3. The lowest BCUT2D eigenvalue weighted by Gasteiger charge is -2.28. The largest absolute Gasteiger partial charge is 0.497 e. The van der Waals surface area contributed by atoms with E-state index in [1.807, 2.05) is 12.1 Å². The third kappa shape index (κ3) is 1.84. The van der Waals surface area contributed by atoms with Crippen LogP contribution in [0.1, 0.15) is 25.0 Å². The van der Waals surface area contributed by atoms with Crippen LogP contribution >= 0.6 is 0 Å². The molecule has 2 nitrogen and oxygen atoms in total. The fourth-order valence-corrected chi connectivity index (χ4v) is 2.17. The van der Waals surface area contributed by atoms with Gasteiger partial charge in [0.15, 0.2) is 0 Å². The molecule has 2 N–H and O–H groups in total. The first-order chi connectivity index (χ1) is 7.02. The highest BCUT2D eigenvalue weighted by molar-refractivity contribution is 5.69. The lowest BCUT2D eigenvalue weighted by atomic mass is 9.78. The molecular formula is C13H17NO. The Kier molecular flexibility index (Phi) is 2.22. The van der Waals surface area contributed by atoms with Crippen molar-refractivity contribution in [1.29, 1.82) is 0 Å². The molecule has 0 atom stereocenters. The highest BCUT2D eigenvalue weighted by atomic mass is 16.5. The molecule has 0 aromatic heterocycles. The molecule has 0 fully saturated rings. The quantitative estimate of drug-likeness (QED) is 0.761. The van der Waals surface area contributed by atoms with Crippen LogP contribution in [0.4, 0.5) is 0 Å². The van der Waals surface area contributed by atoms with Crippen LogP contribution < -0.4 is 10.5 Å². The zero-order valence-electron chi connectivity index (χ0n) is 9.50. The normalized spacial score (nSPS) is 17.9. The van der Waals surface area contributed by atoms with Crippen molar-refractivity contribution in [1.82, 2.24) is 0 Å². The predicted octanol–water partition coefficient (Wildman–Crippen LogP) is 2.58. The Morgan fingerprint density at radius 2 is 2.07 bits per heavy atom. The molecule has 80 valence electrons. The summed E-state index contributed by atoms with van der Waals surface area (Å²) >= 11 is 0. The van der Waals surface area contributed by atoms with Gasteiger partial charge in [0.2, 0.25) is 0 Å². The molecule has 0 bridgehead atoms. The van der Waals surface area contributed by atoms with Gasteiger partial charge in [0, 0.05) is 11.3 Å². The minimum atomic E-state index is 0.142. The van der Waals surface area contributed by atoms with Gasteiger partial charge in [-0.1, -0.05) is 19.9 Å². The highest BCUT2D eigenvalue weighted by Gasteiger charge is 2.24. The zero-order valence-corrected chi connectivity index (χ0v) is 9.50. The SMILES string of the molecule is COc1ccc2c(c1)CC(C)(C)C=C2N. The minimum absolute atomic E-state index is 0.142. The number of rotatable bonds is 1. The first-order valence-electron chi connectivity index (χ1n) is 5.17. The maximum absolute atomic E-state index is 6.03. The molecule has 1 aromatic carbocycles. The van der Waals surface area contributed by atoms with E-state index in [-0.39, 0.29) is 5.41 Å². The van der Waals surface area contributed by atoms with Crippen molar-refractivity contribution in [2.45, 2.75) is 20.3 Å². The van der Waals surface area contributed by atoms with Gasteiger partial charge in [-0.2, -0.15) is 0 Å². The van der Waals surface area contributed by atoms with Gasteiger partial charge in [-0.3, -0.25) is 0 Å². The Labute approximate surface area is 90.7 Å². The fourth-order valence-electron chi connectivity index (χ4n) is 2.17. The molecule has 0 saturated carbocycles. The summed E-state index contributed by atoms with van der Waals surface area (Å²) in [7, 11) is 1.69. The predicted molar refractivity (Wildman–Crippen MR) is 62.6 cm³/mol. The van der Waals surface area contributed by atoms with E-state index >= 15 is 0 Å². The van der Waals surface area contributed by atoms with Gasteiger partial charge in [-0.05, 0) is 35.6 Å². The van der Waals surface area contributed by atoms with E-state index in [0.29, 0.717) is 0 Å². The Balaban J connectivity index is 2.51. The van der Waals surface area contributed by atoms with E-state index in [0.717, 1.165) is 23.4 Å². The van der Waals surface area contributed by atoms with Gasteiger partial charge in [-0.15, -0.1) is 0 Å². The molecule has 0 radical (unpaired) electrons. The molecule has 1 aliphatic carbocycles. The van der Waals surface area contributed by atoms with Gasteiger partial charge in [0.1, 0.15) is 5.75 Å². The van der Waals surface area contributed by atoms with Crippen molar-refractivity contribution in [3.05, 3.63) is 35.4 Å². The molecule has 0 aliphatic heterocycles. The molecule has 1 aliphatic rings. The van der Waals surface area contributed by atoms with Crippen molar-refractivity contribution in [2.75, 3.05) is 7.11 Å². The first kappa shape index (κ1) is 10.1. The summed E-state index contributed by atoms with van der Waals surface area (Å²) in [5, 5.41) is 0. The summed E-state index contributed by atoms with van der Waals surface area (Å²) in [6, 6.07) is 6.07. The van der Waals surface area contributed by atoms with Gasteiger partial charge >= 0.3 is 0 Å². The third-order valence-electron chi connectivity index (χ3n) is 2.82. The number of ether oxygens (including phenoxy) is 1. The van der Waals surface area contributed by atoms with Gasteiger partial charge < -0.3 is 10.5 Å². The molecule has 2 rings (SSSR count). The van der Waals surface area contributed by atoms with Crippen molar-refractivity contribution < 1.29 is 4.74 Å². The minimum Gasteiger partial charge on any atom is -0.497 e. The van der Waals surface area contributed by atoms with Crippen LogP contribution in [0.25, 0.3) is 5.70 Å². The van der Waals surface area contributed by atoms with Crippen LogP contribution in [0.3, 0.4) is 0 Å². The van der Waals surface area contributed by atoms with Crippen LogP contribution in [0.2, 0.25) is 0 Å². The van der Waals surface area contributed by atoms with Crippen molar-refractivity contribution >= 4 is 5.70 Å². The summed E-state index contributed by atoms with van der Waals surface area (Å²) in [5.74, 6) is 0.902. The number of methoxy groups -OCH3 is 1. The van der Waals surface area contributed by atoms with Crippen LogP contribution in [0.15, 0.2) is 24.3 Å². The molecular weight excluding hydrogens is 186 g/mol. The van der Waals surface area contributed by atoms with Crippen LogP contribution in [-0.4, -0.2) is 7.11 Å².